The molecule has 0 radical (unpaired) electrons. The molecule has 0 bridgehead atoms. The molecule has 1 saturated heterocycles. The van der Waals surface area contributed by atoms with Crippen LogP contribution in [-0.2, 0) is 9.53 Å². The van der Waals surface area contributed by atoms with Crippen molar-refractivity contribution in [3.8, 4) is 0 Å². The molecule has 1 amide bonds. The molecule has 4 nitrogen and oxygen atoms in total. The monoisotopic (exact) mass is 186 g/mol. The lowest BCUT2D eigenvalue weighted by atomic mass is 10.1. The van der Waals surface area contributed by atoms with Crippen LogP contribution in [0.3, 0.4) is 0 Å². The molecule has 0 spiro atoms. The van der Waals surface area contributed by atoms with Crippen molar-refractivity contribution in [2.45, 2.75) is 13.3 Å². The highest BCUT2D eigenvalue weighted by molar-refractivity contribution is 5.77. The number of likely N-dealkylation sites (tertiary alicyclic amines) is 1. The van der Waals surface area contributed by atoms with Crippen LogP contribution in [0.4, 0.5) is 0 Å². The van der Waals surface area contributed by atoms with E-state index in [2.05, 4.69) is 0 Å². The highest BCUT2D eigenvalue weighted by Crippen LogP contribution is 2.14. The summed E-state index contributed by atoms with van der Waals surface area (Å²) in [6, 6.07) is 0. The standard InChI is InChI=1S/C9H18N2O2/c1-2-13-7-9(12)11-4-3-8(5-10)6-11/h8H,2-7,10H2,1H3. The highest BCUT2D eigenvalue weighted by Gasteiger charge is 2.24. The van der Waals surface area contributed by atoms with Crippen molar-refractivity contribution < 1.29 is 9.53 Å². The zero-order valence-electron chi connectivity index (χ0n) is 8.16. The van der Waals surface area contributed by atoms with E-state index in [1.54, 1.807) is 0 Å². The van der Waals surface area contributed by atoms with E-state index in [1.165, 1.54) is 0 Å². The molecule has 0 aromatic heterocycles. The fraction of sp³-hybridized carbons (Fsp3) is 0.889. The first kappa shape index (κ1) is 10.5. The first-order valence-corrected chi connectivity index (χ1v) is 4.83. The van der Waals surface area contributed by atoms with E-state index < -0.39 is 0 Å². The first-order valence-electron chi connectivity index (χ1n) is 4.83. The molecule has 0 aromatic rings. The average molecular weight is 186 g/mol. The van der Waals surface area contributed by atoms with Crippen molar-refractivity contribution in [3.05, 3.63) is 0 Å². The van der Waals surface area contributed by atoms with Crippen LogP contribution in [0.2, 0.25) is 0 Å². The van der Waals surface area contributed by atoms with Gasteiger partial charge in [0.15, 0.2) is 0 Å². The molecule has 0 aromatic carbocycles. The van der Waals surface area contributed by atoms with Gasteiger partial charge in [-0.25, -0.2) is 0 Å². The van der Waals surface area contributed by atoms with Crippen molar-refractivity contribution in [3.63, 3.8) is 0 Å². The van der Waals surface area contributed by atoms with E-state index in [4.69, 9.17) is 10.5 Å². The Balaban J connectivity index is 2.25. The number of hydrogen-bond donors (Lipinski definition) is 1. The van der Waals surface area contributed by atoms with Gasteiger partial charge in [-0.05, 0) is 25.8 Å². The number of rotatable bonds is 4. The van der Waals surface area contributed by atoms with Gasteiger partial charge in [0.25, 0.3) is 0 Å². The molecule has 4 heteroatoms. The summed E-state index contributed by atoms with van der Waals surface area (Å²) < 4.78 is 5.05. The van der Waals surface area contributed by atoms with Crippen LogP contribution in [0.5, 0.6) is 0 Å². The van der Waals surface area contributed by atoms with Gasteiger partial charge in [0.2, 0.25) is 5.91 Å². The van der Waals surface area contributed by atoms with Crippen LogP contribution in [-0.4, -0.2) is 43.7 Å². The van der Waals surface area contributed by atoms with E-state index >= 15 is 0 Å². The van der Waals surface area contributed by atoms with Crippen molar-refractivity contribution in [2.75, 3.05) is 32.8 Å². The van der Waals surface area contributed by atoms with Gasteiger partial charge in [-0.2, -0.15) is 0 Å². The molecular formula is C9H18N2O2. The zero-order valence-corrected chi connectivity index (χ0v) is 8.16. The Morgan fingerprint density at radius 2 is 2.46 bits per heavy atom. The molecule has 1 fully saturated rings. The molecule has 13 heavy (non-hydrogen) atoms. The molecule has 1 rings (SSSR count). The molecule has 1 atom stereocenters. The van der Waals surface area contributed by atoms with Crippen LogP contribution in [0.15, 0.2) is 0 Å². The number of carbonyl (C=O) groups excluding carboxylic acids is 1. The summed E-state index contributed by atoms with van der Waals surface area (Å²) in [5.74, 6) is 0.586. The topological polar surface area (TPSA) is 55.6 Å². The second kappa shape index (κ2) is 5.19. The van der Waals surface area contributed by atoms with Crippen LogP contribution in [0.25, 0.3) is 0 Å². The van der Waals surface area contributed by atoms with Crippen LogP contribution < -0.4 is 5.73 Å². The van der Waals surface area contributed by atoms with E-state index in [1.807, 2.05) is 11.8 Å². The maximum absolute atomic E-state index is 11.4. The fourth-order valence-corrected chi connectivity index (χ4v) is 1.53. The Morgan fingerprint density at radius 3 is 3.00 bits per heavy atom. The second-order valence-electron chi connectivity index (χ2n) is 3.37. The second-order valence-corrected chi connectivity index (χ2v) is 3.37. The first-order chi connectivity index (χ1) is 6.27. The summed E-state index contributed by atoms with van der Waals surface area (Å²) in [4.78, 5) is 13.3. The van der Waals surface area contributed by atoms with Gasteiger partial charge in [0, 0.05) is 19.7 Å². The number of ether oxygens (including phenoxy) is 1. The Labute approximate surface area is 79.0 Å². The lowest BCUT2D eigenvalue weighted by Gasteiger charge is -2.15. The highest BCUT2D eigenvalue weighted by atomic mass is 16.5. The van der Waals surface area contributed by atoms with Crippen molar-refractivity contribution in [2.24, 2.45) is 11.7 Å². The van der Waals surface area contributed by atoms with Crippen LogP contribution in [0.1, 0.15) is 13.3 Å². The lowest BCUT2D eigenvalue weighted by molar-refractivity contribution is -0.135. The smallest absolute Gasteiger partial charge is 0.248 e. The van der Waals surface area contributed by atoms with Gasteiger partial charge in [0.1, 0.15) is 6.61 Å². The molecule has 76 valence electrons. The SMILES string of the molecule is CCOCC(=O)N1CCC(CN)C1. The van der Waals surface area contributed by atoms with E-state index in [0.29, 0.717) is 19.1 Å². The summed E-state index contributed by atoms with van der Waals surface area (Å²) >= 11 is 0. The molecule has 1 aliphatic rings. The normalized spacial score (nSPS) is 22.3. The number of amides is 1. The Morgan fingerprint density at radius 1 is 1.69 bits per heavy atom. The van der Waals surface area contributed by atoms with Gasteiger partial charge in [-0.1, -0.05) is 0 Å². The summed E-state index contributed by atoms with van der Waals surface area (Å²) in [6.45, 7) is 5.03. The number of carbonyl (C=O) groups is 1. The molecular weight excluding hydrogens is 168 g/mol. The number of hydrogen-bond acceptors (Lipinski definition) is 3. The minimum Gasteiger partial charge on any atom is -0.372 e. The molecule has 1 aliphatic heterocycles. The lowest BCUT2D eigenvalue weighted by Crippen LogP contribution is -2.32. The number of nitrogens with two attached hydrogens (primary N) is 1. The molecule has 1 heterocycles. The van der Waals surface area contributed by atoms with Crippen molar-refractivity contribution in [1.82, 2.24) is 4.90 Å². The Hall–Kier alpha value is -0.610. The van der Waals surface area contributed by atoms with E-state index in [9.17, 15) is 4.79 Å². The summed E-state index contributed by atoms with van der Waals surface area (Å²) in [7, 11) is 0. The minimum absolute atomic E-state index is 0.0952. The predicted octanol–water partition coefficient (Wildman–Crippen LogP) is -0.170. The largest absolute Gasteiger partial charge is 0.372 e. The summed E-state index contributed by atoms with van der Waals surface area (Å²) in [5, 5.41) is 0. The summed E-state index contributed by atoms with van der Waals surface area (Å²) in [6.07, 6.45) is 1.04. The van der Waals surface area contributed by atoms with Crippen LogP contribution in [0, 0.1) is 5.92 Å². The molecule has 0 saturated carbocycles. The van der Waals surface area contributed by atoms with Crippen molar-refractivity contribution in [1.29, 1.82) is 0 Å². The van der Waals surface area contributed by atoms with E-state index in [-0.39, 0.29) is 12.5 Å². The third-order valence-corrected chi connectivity index (χ3v) is 2.40. The average Bonchev–Trinajstić information content (AvgIpc) is 2.62. The Kier molecular flexibility index (Phi) is 4.18. The number of nitrogens with zero attached hydrogens (tertiary/aromatic N) is 1. The van der Waals surface area contributed by atoms with E-state index in [0.717, 1.165) is 19.5 Å². The van der Waals surface area contributed by atoms with Gasteiger partial charge in [0.05, 0.1) is 0 Å². The van der Waals surface area contributed by atoms with Crippen molar-refractivity contribution >= 4 is 5.91 Å². The predicted molar refractivity (Wildman–Crippen MR) is 50.2 cm³/mol. The zero-order chi connectivity index (χ0) is 9.68. The van der Waals surface area contributed by atoms with Gasteiger partial charge < -0.3 is 15.4 Å². The molecule has 1 unspecified atom stereocenters. The summed E-state index contributed by atoms with van der Waals surface area (Å²) in [5.41, 5.74) is 5.53. The third kappa shape index (κ3) is 2.97. The Bertz CT molecular complexity index is 173. The fourth-order valence-electron chi connectivity index (χ4n) is 1.53. The molecule has 0 aliphatic carbocycles. The third-order valence-electron chi connectivity index (χ3n) is 2.40. The minimum atomic E-state index is 0.0952. The molecule has 2 N–H and O–H groups in total. The maximum atomic E-state index is 11.4. The van der Waals surface area contributed by atoms with Gasteiger partial charge in [-0.15, -0.1) is 0 Å². The van der Waals surface area contributed by atoms with Crippen LogP contribution >= 0.6 is 0 Å². The maximum Gasteiger partial charge on any atom is 0.248 e. The van der Waals surface area contributed by atoms with Gasteiger partial charge in [-0.3, -0.25) is 4.79 Å². The van der Waals surface area contributed by atoms with Gasteiger partial charge >= 0.3 is 0 Å². The quantitative estimate of drug-likeness (QED) is 0.663.